The first kappa shape index (κ1) is 17.8. The van der Waals surface area contributed by atoms with Crippen molar-refractivity contribution < 1.29 is 9.18 Å². The van der Waals surface area contributed by atoms with Crippen LogP contribution in [0.25, 0.3) is 16.4 Å². The van der Waals surface area contributed by atoms with Gasteiger partial charge in [-0.25, -0.2) is 14.1 Å². The number of thiophene rings is 1. The fourth-order valence-electron chi connectivity index (χ4n) is 3.18. The lowest BCUT2D eigenvalue weighted by Gasteiger charge is -2.22. The summed E-state index contributed by atoms with van der Waals surface area (Å²) in [4.78, 5) is 17.9. The zero-order valence-corrected chi connectivity index (χ0v) is 15.5. The Balaban J connectivity index is 1.60. The quantitative estimate of drug-likeness (QED) is 0.708. The van der Waals surface area contributed by atoms with Gasteiger partial charge < -0.3 is 10.6 Å². The average molecular weight is 385 g/mol. The van der Waals surface area contributed by atoms with Crippen molar-refractivity contribution in [3.8, 4) is 16.4 Å². The average Bonchev–Trinajstić information content (AvgIpc) is 3.36. The van der Waals surface area contributed by atoms with Gasteiger partial charge in [-0.15, -0.1) is 16.4 Å². The van der Waals surface area contributed by atoms with Gasteiger partial charge in [0.1, 0.15) is 5.82 Å². The fourth-order valence-corrected chi connectivity index (χ4v) is 3.87. The first-order chi connectivity index (χ1) is 13.2. The standard InChI is InChI=1S/C19H20FN5OS/c20-14-5-1-6-15(10-14)25-18(16-7-3-9-27-16)23-17(24-25)19(26)22-12-13-4-2-8-21-11-13/h1,3,5-7,9-10,13,21H,2,4,8,11-12H2,(H,22,26). The minimum Gasteiger partial charge on any atom is -0.349 e. The lowest BCUT2D eigenvalue weighted by Crippen LogP contribution is -2.38. The highest BCUT2D eigenvalue weighted by atomic mass is 32.1. The molecule has 4 rings (SSSR count). The molecule has 0 saturated carbocycles. The van der Waals surface area contributed by atoms with Crippen molar-refractivity contribution in [2.45, 2.75) is 12.8 Å². The van der Waals surface area contributed by atoms with Crippen LogP contribution >= 0.6 is 11.3 Å². The zero-order valence-electron chi connectivity index (χ0n) is 14.7. The van der Waals surface area contributed by atoms with Crippen LogP contribution in [0.4, 0.5) is 4.39 Å². The van der Waals surface area contributed by atoms with Crippen LogP contribution in [0.3, 0.4) is 0 Å². The van der Waals surface area contributed by atoms with Crippen molar-refractivity contribution in [1.29, 1.82) is 0 Å². The molecule has 1 unspecified atom stereocenters. The third-order valence-corrected chi connectivity index (χ3v) is 5.42. The summed E-state index contributed by atoms with van der Waals surface area (Å²) >= 11 is 1.49. The first-order valence-electron chi connectivity index (χ1n) is 8.96. The third kappa shape index (κ3) is 4.06. The Labute approximate surface area is 160 Å². The van der Waals surface area contributed by atoms with Crippen molar-refractivity contribution in [3.63, 3.8) is 0 Å². The van der Waals surface area contributed by atoms with Crippen LogP contribution in [0.5, 0.6) is 0 Å². The second-order valence-corrected chi connectivity index (χ2v) is 7.50. The summed E-state index contributed by atoms with van der Waals surface area (Å²) in [5.74, 6) is 0.362. The Morgan fingerprint density at radius 2 is 2.30 bits per heavy atom. The second kappa shape index (κ2) is 7.98. The number of nitrogens with one attached hydrogen (secondary N) is 2. The highest BCUT2D eigenvalue weighted by Crippen LogP contribution is 2.25. The number of hydrogen-bond acceptors (Lipinski definition) is 5. The van der Waals surface area contributed by atoms with Gasteiger partial charge in [-0.2, -0.15) is 0 Å². The number of aromatic nitrogens is 3. The Morgan fingerprint density at radius 3 is 3.04 bits per heavy atom. The van der Waals surface area contributed by atoms with E-state index in [1.165, 1.54) is 28.2 Å². The number of halogens is 1. The minimum absolute atomic E-state index is 0.0893. The van der Waals surface area contributed by atoms with Crippen LogP contribution in [0.1, 0.15) is 23.5 Å². The summed E-state index contributed by atoms with van der Waals surface area (Å²) in [5, 5.41) is 12.6. The molecule has 1 atom stereocenters. The number of hydrogen-bond donors (Lipinski definition) is 2. The van der Waals surface area contributed by atoms with Gasteiger partial charge in [0.05, 0.1) is 10.6 Å². The van der Waals surface area contributed by atoms with Crippen LogP contribution in [0.2, 0.25) is 0 Å². The Hall–Kier alpha value is -2.58. The maximum absolute atomic E-state index is 13.7. The number of carbonyl (C=O) groups excluding carboxylic acids is 1. The summed E-state index contributed by atoms with van der Waals surface area (Å²) in [6.45, 7) is 2.54. The summed E-state index contributed by atoms with van der Waals surface area (Å²) < 4.78 is 15.2. The van der Waals surface area contributed by atoms with Crippen molar-refractivity contribution >= 4 is 17.2 Å². The summed E-state index contributed by atoms with van der Waals surface area (Å²) in [6.07, 6.45) is 2.22. The number of amides is 1. The summed E-state index contributed by atoms with van der Waals surface area (Å²) in [7, 11) is 0. The van der Waals surface area contributed by atoms with Gasteiger partial charge in [0.25, 0.3) is 5.91 Å². The molecule has 0 bridgehead atoms. The van der Waals surface area contributed by atoms with Gasteiger partial charge in [-0.05, 0) is 61.5 Å². The van der Waals surface area contributed by atoms with Gasteiger partial charge in [-0.1, -0.05) is 12.1 Å². The van der Waals surface area contributed by atoms with Gasteiger partial charge in [0, 0.05) is 6.54 Å². The van der Waals surface area contributed by atoms with Crippen LogP contribution in [-0.2, 0) is 0 Å². The predicted molar refractivity (Wildman–Crippen MR) is 103 cm³/mol. The molecule has 0 aliphatic carbocycles. The predicted octanol–water partition coefficient (Wildman–Crippen LogP) is 2.86. The molecule has 2 aromatic heterocycles. The Morgan fingerprint density at radius 1 is 1.37 bits per heavy atom. The number of carbonyl (C=O) groups is 1. The number of nitrogens with zero attached hydrogens (tertiary/aromatic N) is 3. The monoisotopic (exact) mass is 385 g/mol. The highest BCUT2D eigenvalue weighted by Gasteiger charge is 2.21. The van der Waals surface area contributed by atoms with Crippen molar-refractivity contribution in [2.24, 2.45) is 5.92 Å². The van der Waals surface area contributed by atoms with E-state index < -0.39 is 0 Å². The van der Waals surface area contributed by atoms with Crippen molar-refractivity contribution in [1.82, 2.24) is 25.4 Å². The van der Waals surface area contributed by atoms with Gasteiger partial charge in [0.15, 0.2) is 5.82 Å². The molecule has 140 valence electrons. The van der Waals surface area contributed by atoms with E-state index in [1.807, 2.05) is 17.5 Å². The lowest BCUT2D eigenvalue weighted by atomic mass is 10.00. The molecular weight excluding hydrogens is 365 g/mol. The molecular formula is C19H20FN5OS. The number of benzene rings is 1. The van der Waals surface area contributed by atoms with Crippen LogP contribution in [0, 0.1) is 11.7 Å². The van der Waals surface area contributed by atoms with Gasteiger partial charge >= 0.3 is 0 Å². The molecule has 3 heterocycles. The third-order valence-electron chi connectivity index (χ3n) is 4.55. The van der Waals surface area contributed by atoms with Gasteiger partial charge in [0.2, 0.25) is 5.82 Å². The second-order valence-electron chi connectivity index (χ2n) is 6.55. The van der Waals surface area contributed by atoms with Crippen LogP contribution < -0.4 is 10.6 Å². The molecule has 27 heavy (non-hydrogen) atoms. The molecule has 1 aliphatic heterocycles. The maximum Gasteiger partial charge on any atom is 0.291 e. The first-order valence-corrected chi connectivity index (χ1v) is 9.84. The number of rotatable bonds is 5. The lowest BCUT2D eigenvalue weighted by molar-refractivity contribution is 0.0934. The SMILES string of the molecule is O=C(NCC1CCCNC1)c1nc(-c2cccs2)n(-c2cccc(F)c2)n1. The van der Waals surface area contributed by atoms with Gasteiger partial charge in [-0.3, -0.25) is 4.79 Å². The van der Waals surface area contributed by atoms with E-state index in [-0.39, 0.29) is 17.5 Å². The topological polar surface area (TPSA) is 71.8 Å². The highest BCUT2D eigenvalue weighted by molar-refractivity contribution is 7.13. The van der Waals surface area contributed by atoms with E-state index in [0.717, 1.165) is 30.8 Å². The largest absolute Gasteiger partial charge is 0.349 e. The molecule has 3 aromatic rings. The van der Waals surface area contributed by atoms with E-state index >= 15 is 0 Å². The van der Waals surface area contributed by atoms with E-state index in [4.69, 9.17) is 0 Å². The molecule has 1 aliphatic rings. The van der Waals surface area contributed by atoms with Crippen molar-refractivity contribution in [2.75, 3.05) is 19.6 Å². The van der Waals surface area contributed by atoms with E-state index in [1.54, 1.807) is 12.1 Å². The molecule has 1 saturated heterocycles. The smallest absolute Gasteiger partial charge is 0.291 e. The molecule has 1 amide bonds. The Bertz CT molecular complexity index is 918. The molecule has 8 heteroatoms. The van der Waals surface area contributed by atoms with Crippen molar-refractivity contribution in [3.05, 3.63) is 53.4 Å². The summed E-state index contributed by atoms with van der Waals surface area (Å²) in [5.41, 5.74) is 0.529. The fraction of sp³-hybridized carbons (Fsp3) is 0.316. The minimum atomic E-state index is -0.365. The number of piperidine rings is 1. The molecule has 0 spiro atoms. The zero-order chi connectivity index (χ0) is 18.6. The van der Waals surface area contributed by atoms with E-state index in [2.05, 4.69) is 20.7 Å². The maximum atomic E-state index is 13.7. The summed E-state index contributed by atoms with van der Waals surface area (Å²) in [6, 6.07) is 9.91. The molecule has 0 radical (unpaired) electrons. The molecule has 6 nitrogen and oxygen atoms in total. The normalized spacial score (nSPS) is 17.0. The molecule has 2 N–H and O–H groups in total. The van der Waals surface area contributed by atoms with E-state index in [9.17, 15) is 9.18 Å². The Kier molecular flexibility index (Phi) is 5.26. The van der Waals surface area contributed by atoms with E-state index in [0.29, 0.717) is 24.0 Å². The molecule has 1 aromatic carbocycles. The van der Waals surface area contributed by atoms with Crippen LogP contribution in [-0.4, -0.2) is 40.3 Å². The van der Waals surface area contributed by atoms with Crippen LogP contribution in [0.15, 0.2) is 41.8 Å². The molecule has 1 fully saturated rings.